The standard InChI is InChI=1S/C18H10F26/c19-7(20,9(23,24)11(27,28)13(31,32)15(35,36)17(39,40)41)5-3-1-2-4-6-8(21,22)10(25,26)12(29,30)14(33,34)16(37,38)18(42,43)44/h3,5H,1-2,4,6H2. The summed E-state index contributed by atoms with van der Waals surface area (Å²) in [4.78, 5) is 0. The van der Waals surface area contributed by atoms with E-state index in [1.54, 1.807) is 0 Å². The van der Waals surface area contributed by atoms with Gasteiger partial charge in [-0.25, -0.2) is 0 Å². The van der Waals surface area contributed by atoms with Crippen LogP contribution in [0.25, 0.3) is 0 Å². The monoisotopic (exact) mass is 720 g/mol. The Bertz CT molecular complexity index is 1010. The molecule has 26 heteroatoms. The molecule has 0 aliphatic carbocycles. The zero-order chi connectivity index (χ0) is 36.2. The van der Waals surface area contributed by atoms with Gasteiger partial charge in [0.1, 0.15) is 0 Å². The van der Waals surface area contributed by atoms with Crippen molar-refractivity contribution >= 4 is 0 Å². The summed E-state index contributed by atoms with van der Waals surface area (Å²) in [6.45, 7) is 0. The Morgan fingerprint density at radius 2 is 0.614 bits per heavy atom. The molecule has 0 rings (SSSR count). The molecule has 0 heterocycles. The molecule has 0 amide bonds. The van der Waals surface area contributed by atoms with E-state index in [9.17, 15) is 114 Å². The first-order valence-corrected chi connectivity index (χ1v) is 10.3. The van der Waals surface area contributed by atoms with Crippen LogP contribution in [0.15, 0.2) is 12.2 Å². The molecule has 0 spiro atoms. The Balaban J connectivity index is 5.82. The highest BCUT2D eigenvalue weighted by atomic mass is 19.4. The van der Waals surface area contributed by atoms with Gasteiger partial charge in [-0.1, -0.05) is 6.08 Å². The molecular weight excluding hydrogens is 710 g/mol. The third-order valence-corrected chi connectivity index (χ3v) is 5.39. The van der Waals surface area contributed by atoms with Crippen molar-refractivity contribution in [3.63, 3.8) is 0 Å². The average molecular weight is 720 g/mol. The highest BCUT2D eigenvalue weighted by Gasteiger charge is 2.91. The summed E-state index contributed by atoms with van der Waals surface area (Å²) in [5, 5.41) is 0. The molecule has 0 fully saturated rings. The van der Waals surface area contributed by atoms with Gasteiger partial charge < -0.3 is 0 Å². The van der Waals surface area contributed by atoms with Gasteiger partial charge in [0, 0.05) is 6.42 Å². The van der Waals surface area contributed by atoms with Crippen molar-refractivity contribution in [2.75, 3.05) is 0 Å². The number of allylic oxidation sites excluding steroid dienone is 2. The van der Waals surface area contributed by atoms with Gasteiger partial charge in [-0.15, -0.1) is 0 Å². The fourth-order valence-corrected chi connectivity index (χ4v) is 2.69. The van der Waals surface area contributed by atoms with Gasteiger partial charge in [-0.05, 0) is 25.3 Å². The highest BCUT2D eigenvalue weighted by Crippen LogP contribution is 2.62. The third kappa shape index (κ3) is 6.18. The van der Waals surface area contributed by atoms with E-state index in [4.69, 9.17) is 0 Å². The van der Waals surface area contributed by atoms with E-state index < -0.39 is 109 Å². The minimum atomic E-state index is -8.27. The van der Waals surface area contributed by atoms with Crippen molar-refractivity contribution in [2.24, 2.45) is 0 Å². The lowest BCUT2D eigenvalue weighted by Crippen LogP contribution is -2.70. The Hall–Kier alpha value is -2.08. The van der Waals surface area contributed by atoms with Gasteiger partial charge in [0.25, 0.3) is 0 Å². The van der Waals surface area contributed by atoms with Crippen molar-refractivity contribution in [3.05, 3.63) is 12.2 Å². The lowest BCUT2D eigenvalue weighted by molar-refractivity contribution is -0.440. The number of hydrogen-bond donors (Lipinski definition) is 0. The molecule has 0 radical (unpaired) electrons. The predicted molar refractivity (Wildman–Crippen MR) is 89.2 cm³/mol. The molecule has 0 aromatic rings. The highest BCUT2D eigenvalue weighted by molar-refractivity contribution is 5.15. The Kier molecular flexibility index (Phi) is 10.8. The fraction of sp³-hybridized carbons (Fsp3) is 0.889. The van der Waals surface area contributed by atoms with Crippen LogP contribution in [0.5, 0.6) is 0 Å². The van der Waals surface area contributed by atoms with Gasteiger partial charge >= 0.3 is 71.6 Å². The first kappa shape index (κ1) is 41.9. The van der Waals surface area contributed by atoms with Gasteiger partial charge in [0.15, 0.2) is 0 Å². The van der Waals surface area contributed by atoms with Crippen LogP contribution < -0.4 is 0 Å². The van der Waals surface area contributed by atoms with Crippen LogP contribution in [0.2, 0.25) is 0 Å². The van der Waals surface area contributed by atoms with Crippen LogP contribution in [0.3, 0.4) is 0 Å². The second kappa shape index (κ2) is 11.3. The average Bonchev–Trinajstić information content (AvgIpc) is 2.78. The van der Waals surface area contributed by atoms with Gasteiger partial charge in [0.05, 0.1) is 0 Å². The third-order valence-electron chi connectivity index (χ3n) is 5.39. The van der Waals surface area contributed by atoms with Gasteiger partial charge in [0.2, 0.25) is 0 Å². The quantitative estimate of drug-likeness (QED) is 0.0953. The SMILES string of the molecule is FC(F)(F)C(F)(F)C(F)(F)C(F)(F)C(F)(F)C(F)(F)C=CCCCCC(F)(F)C(F)(F)C(F)(F)C(F)(F)C(F)(F)C(F)(F)F. The molecule has 0 saturated heterocycles. The van der Waals surface area contributed by atoms with Crippen molar-refractivity contribution < 1.29 is 114 Å². The molecule has 0 nitrogen and oxygen atoms in total. The summed E-state index contributed by atoms with van der Waals surface area (Å²) in [5.41, 5.74) is 0. The molecule has 0 unspecified atom stereocenters. The number of rotatable bonds is 14. The molecule has 0 aliphatic rings. The van der Waals surface area contributed by atoms with Crippen LogP contribution in [0.4, 0.5) is 114 Å². The maximum absolute atomic E-state index is 13.6. The van der Waals surface area contributed by atoms with Gasteiger partial charge in [-0.2, -0.15) is 114 Å². The maximum atomic E-state index is 13.6. The summed E-state index contributed by atoms with van der Waals surface area (Å²) in [5.74, 6) is -78.0. The normalized spacial score (nSPS) is 16.7. The molecule has 264 valence electrons. The zero-order valence-corrected chi connectivity index (χ0v) is 19.8. The van der Waals surface area contributed by atoms with Crippen LogP contribution in [0.1, 0.15) is 25.7 Å². The topological polar surface area (TPSA) is 0 Å². The maximum Gasteiger partial charge on any atom is 0.460 e. The summed E-state index contributed by atoms with van der Waals surface area (Å²) >= 11 is 0. The number of hydrogen-bond acceptors (Lipinski definition) is 0. The second-order valence-electron chi connectivity index (χ2n) is 8.57. The molecule has 0 aliphatic heterocycles. The van der Waals surface area contributed by atoms with Crippen molar-refractivity contribution in [1.29, 1.82) is 0 Å². The number of alkyl halides is 26. The number of halogens is 26. The Labute approximate surface area is 225 Å². The molecular formula is C18H10F26. The van der Waals surface area contributed by atoms with Crippen molar-refractivity contribution in [1.82, 2.24) is 0 Å². The van der Waals surface area contributed by atoms with E-state index in [0.29, 0.717) is 0 Å². The molecule has 0 aromatic carbocycles. The van der Waals surface area contributed by atoms with E-state index in [-0.39, 0.29) is 0 Å². The van der Waals surface area contributed by atoms with Crippen LogP contribution in [-0.4, -0.2) is 71.6 Å². The van der Waals surface area contributed by atoms with E-state index in [1.165, 1.54) is 0 Å². The molecule has 0 atom stereocenters. The van der Waals surface area contributed by atoms with Crippen LogP contribution in [-0.2, 0) is 0 Å². The first-order valence-electron chi connectivity index (χ1n) is 10.3. The number of unbranched alkanes of at least 4 members (excludes halogenated alkanes) is 2. The molecule has 0 bridgehead atoms. The smallest absolute Gasteiger partial charge is 0.200 e. The zero-order valence-electron chi connectivity index (χ0n) is 19.8. The largest absolute Gasteiger partial charge is 0.460 e. The second-order valence-corrected chi connectivity index (χ2v) is 8.57. The molecule has 0 aromatic heterocycles. The van der Waals surface area contributed by atoms with Crippen molar-refractivity contribution in [3.8, 4) is 0 Å². The molecule has 0 N–H and O–H groups in total. The van der Waals surface area contributed by atoms with Gasteiger partial charge in [-0.3, -0.25) is 0 Å². The minimum absolute atomic E-state index is 0.632. The molecule has 0 saturated carbocycles. The van der Waals surface area contributed by atoms with Crippen molar-refractivity contribution in [2.45, 2.75) is 97.3 Å². The van der Waals surface area contributed by atoms with Crippen LogP contribution >= 0.6 is 0 Å². The van der Waals surface area contributed by atoms with Crippen LogP contribution in [0, 0.1) is 0 Å². The lowest BCUT2D eigenvalue weighted by Gasteiger charge is -2.39. The van der Waals surface area contributed by atoms with E-state index in [1.807, 2.05) is 0 Å². The minimum Gasteiger partial charge on any atom is -0.200 e. The lowest BCUT2D eigenvalue weighted by atomic mass is 9.91. The van der Waals surface area contributed by atoms with E-state index in [0.717, 1.165) is 0 Å². The molecule has 44 heavy (non-hydrogen) atoms. The summed E-state index contributed by atoms with van der Waals surface area (Å²) in [6.07, 6.45) is -25.5. The summed E-state index contributed by atoms with van der Waals surface area (Å²) in [6, 6.07) is 0. The Morgan fingerprint density at radius 1 is 0.318 bits per heavy atom. The first-order chi connectivity index (χ1) is 18.7. The predicted octanol–water partition coefficient (Wildman–Crippen LogP) is 10.6. The Morgan fingerprint density at radius 3 is 0.932 bits per heavy atom. The van der Waals surface area contributed by atoms with E-state index in [2.05, 4.69) is 0 Å². The summed E-state index contributed by atoms with van der Waals surface area (Å²) in [7, 11) is 0. The van der Waals surface area contributed by atoms with E-state index >= 15 is 0 Å². The fourth-order valence-electron chi connectivity index (χ4n) is 2.69. The summed E-state index contributed by atoms with van der Waals surface area (Å²) < 4.78 is 336.